The number of ether oxygens (including phenoxy) is 2. The Morgan fingerprint density at radius 3 is 2.04 bits per heavy atom. The van der Waals surface area contributed by atoms with Gasteiger partial charge in [-0.15, -0.1) is 0 Å². The molecule has 26 heavy (non-hydrogen) atoms. The second kappa shape index (κ2) is 7.47. The first-order chi connectivity index (χ1) is 12.5. The quantitative estimate of drug-likeness (QED) is 0.726. The first-order valence-electron chi connectivity index (χ1n) is 8.31. The largest absolute Gasteiger partial charge is 0.497 e. The van der Waals surface area contributed by atoms with Gasteiger partial charge < -0.3 is 9.47 Å². The highest BCUT2D eigenvalue weighted by atomic mass is 32.2. The minimum Gasteiger partial charge on any atom is -0.497 e. The van der Waals surface area contributed by atoms with Gasteiger partial charge in [-0.1, -0.05) is 0 Å². The summed E-state index contributed by atoms with van der Waals surface area (Å²) < 4.78 is 37.5. The van der Waals surface area contributed by atoms with Crippen molar-refractivity contribution in [2.45, 2.75) is 23.8 Å². The number of hydrogen-bond donors (Lipinski definition) is 0. The van der Waals surface area contributed by atoms with Crippen LogP contribution >= 0.6 is 0 Å². The molecule has 7 heteroatoms. The van der Waals surface area contributed by atoms with E-state index in [0.29, 0.717) is 36.4 Å². The van der Waals surface area contributed by atoms with Gasteiger partial charge in [-0.2, -0.15) is 4.31 Å². The van der Waals surface area contributed by atoms with Crippen molar-refractivity contribution in [3.63, 3.8) is 0 Å². The predicted molar refractivity (Wildman–Crippen MR) is 97.2 cm³/mol. The van der Waals surface area contributed by atoms with Crippen molar-refractivity contribution >= 4 is 15.8 Å². The lowest BCUT2D eigenvalue weighted by atomic mass is 10.0. The topological polar surface area (TPSA) is 72.9 Å². The summed E-state index contributed by atoms with van der Waals surface area (Å²) in [6, 6.07) is 12.2. The Balaban J connectivity index is 1.87. The number of Topliss-reactive ketones (excluding diaryl/α,β-unsaturated/α-hetero) is 1. The van der Waals surface area contributed by atoms with Gasteiger partial charge in [0.15, 0.2) is 5.78 Å². The molecule has 0 radical (unpaired) electrons. The van der Waals surface area contributed by atoms with Gasteiger partial charge in [0.1, 0.15) is 11.5 Å². The summed E-state index contributed by atoms with van der Waals surface area (Å²) in [5.41, 5.74) is 0.479. The van der Waals surface area contributed by atoms with Crippen LogP contribution in [-0.4, -0.2) is 45.3 Å². The molecule has 1 fully saturated rings. The highest BCUT2D eigenvalue weighted by Crippen LogP contribution is 2.29. The van der Waals surface area contributed by atoms with Crippen LogP contribution in [0.3, 0.4) is 0 Å². The Hall–Kier alpha value is -2.38. The maximum absolute atomic E-state index is 13.0. The van der Waals surface area contributed by atoms with Crippen LogP contribution in [0.1, 0.15) is 23.2 Å². The van der Waals surface area contributed by atoms with Gasteiger partial charge in [0.05, 0.1) is 25.2 Å². The van der Waals surface area contributed by atoms with Crippen molar-refractivity contribution < 1.29 is 22.7 Å². The maximum atomic E-state index is 13.0. The molecule has 0 aromatic heterocycles. The Bertz CT molecular complexity index is 875. The summed E-state index contributed by atoms with van der Waals surface area (Å²) in [5, 5.41) is 0. The molecule has 0 aliphatic carbocycles. The molecule has 1 aliphatic heterocycles. The number of methoxy groups -OCH3 is 2. The summed E-state index contributed by atoms with van der Waals surface area (Å²) in [6.45, 7) is 0.334. The second-order valence-corrected chi connectivity index (χ2v) is 7.93. The summed E-state index contributed by atoms with van der Waals surface area (Å²) in [4.78, 5) is 13.0. The molecule has 0 saturated carbocycles. The van der Waals surface area contributed by atoms with Crippen LogP contribution in [0.2, 0.25) is 0 Å². The van der Waals surface area contributed by atoms with Crippen molar-refractivity contribution in [2.75, 3.05) is 20.8 Å². The fourth-order valence-electron chi connectivity index (χ4n) is 3.12. The first kappa shape index (κ1) is 18.4. The number of hydrogen-bond acceptors (Lipinski definition) is 5. The molecule has 0 N–H and O–H groups in total. The van der Waals surface area contributed by atoms with Crippen LogP contribution in [0.4, 0.5) is 0 Å². The summed E-state index contributed by atoms with van der Waals surface area (Å²) in [7, 11) is -0.673. The zero-order valence-electron chi connectivity index (χ0n) is 14.7. The van der Waals surface area contributed by atoms with E-state index in [1.165, 1.54) is 23.5 Å². The van der Waals surface area contributed by atoms with Crippen molar-refractivity contribution in [3.05, 3.63) is 54.1 Å². The van der Waals surface area contributed by atoms with Crippen LogP contribution in [-0.2, 0) is 10.0 Å². The average Bonchev–Trinajstić information content (AvgIpc) is 3.18. The van der Waals surface area contributed by atoms with Crippen molar-refractivity contribution in [1.82, 2.24) is 4.31 Å². The van der Waals surface area contributed by atoms with Gasteiger partial charge in [-0.25, -0.2) is 8.42 Å². The zero-order valence-corrected chi connectivity index (χ0v) is 15.5. The molecule has 3 rings (SSSR count). The van der Waals surface area contributed by atoms with Gasteiger partial charge in [0.2, 0.25) is 10.0 Å². The van der Waals surface area contributed by atoms with E-state index in [1.807, 2.05) is 0 Å². The van der Waals surface area contributed by atoms with Crippen molar-refractivity contribution in [3.8, 4) is 11.5 Å². The van der Waals surface area contributed by atoms with Gasteiger partial charge in [-0.05, 0) is 61.4 Å². The molecule has 0 spiro atoms. The number of sulfonamides is 1. The Morgan fingerprint density at radius 2 is 1.50 bits per heavy atom. The van der Waals surface area contributed by atoms with Gasteiger partial charge in [0, 0.05) is 12.1 Å². The number of carbonyl (C=O) groups excluding carboxylic acids is 1. The number of nitrogens with zero attached hydrogens (tertiary/aromatic N) is 1. The van der Waals surface area contributed by atoms with Crippen LogP contribution in [0.25, 0.3) is 0 Å². The lowest BCUT2D eigenvalue weighted by Gasteiger charge is -2.23. The van der Waals surface area contributed by atoms with Gasteiger partial charge in [0.25, 0.3) is 0 Å². The molecular weight excluding hydrogens is 354 g/mol. The highest BCUT2D eigenvalue weighted by Gasteiger charge is 2.39. The van der Waals surface area contributed by atoms with E-state index in [0.717, 1.165) is 0 Å². The van der Waals surface area contributed by atoms with E-state index in [4.69, 9.17) is 9.47 Å². The third-order valence-corrected chi connectivity index (χ3v) is 6.47. The van der Waals surface area contributed by atoms with Crippen molar-refractivity contribution in [1.29, 1.82) is 0 Å². The third kappa shape index (κ3) is 3.45. The average molecular weight is 375 g/mol. The van der Waals surface area contributed by atoms with Crippen LogP contribution < -0.4 is 9.47 Å². The molecule has 1 unspecified atom stereocenters. The molecule has 0 bridgehead atoms. The van der Waals surface area contributed by atoms with E-state index >= 15 is 0 Å². The molecule has 2 aromatic carbocycles. The van der Waals surface area contributed by atoms with Gasteiger partial charge in [-0.3, -0.25) is 4.79 Å². The molecule has 138 valence electrons. The number of ketones is 1. The molecule has 1 atom stereocenters. The van der Waals surface area contributed by atoms with E-state index < -0.39 is 16.1 Å². The number of carbonyl (C=O) groups is 1. The highest BCUT2D eigenvalue weighted by molar-refractivity contribution is 7.89. The van der Waals surface area contributed by atoms with Crippen LogP contribution in [0, 0.1) is 0 Å². The SMILES string of the molecule is COc1ccc(C(=O)C2CCCN2S(=O)(=O)c2ccc(OC)cc2)cc1. The molecule has 1 aliphatic rings. The predicted octanol–water partition coefficient (Wildman–Crippen LogP) is 2.74. The van der Waals surface area contributed by atoms with E-state index in [1.54, 1.807) is 43.5 Å². The Kier molecular flexibility index (Phi) is 5.29. The lowest BCUT2D eigenvalue weighted by Crippen LogP contribution is -2.40. The minimum atomic E-state index is -3.75. The third-order valence-electron chi connectivity index (χ3n) is 4.55. The molecule has 1 saturated heterocycles. The fourth-order valence-corrected chi connectivity index (χ4v) is 4.78. The fraction of sp³-hybridized carbons (Fsp3) is 0.316. The summed E-state index contributed by atoms with van der Waals surface area (Å²) in [5.74, 6) is 1.04. The van der Waals surface area contributed by atoms with Crippen LogP contribution in [0.5, 0.6) is 11.5 Å². The molecule has 2 aromatic rings. The molecular formula is C19H21NO5S. The summed E-state index contributed by atoms with van der Waals surface area (Å²) >= 11 is 0. The smallest absolute Gasteiger partial charge is 0.243 e. The van der Waals surface area contributed by atoms with Gasteiger partial charge >= 0.3 is 0 Å². The van der Waals surface area contributed by atoms with Crippen LogP contribution in [0.15, 0.2) is 53.4 Å². The first-order valence-corrected chi connectivity index (χ1v) is 9.75. The summed E-state index contributed by atoms with van der Waals surface area (Å²) in [6.07, 6.45) is 1.17. The number of rotatable bonds is 6. The van der Waals surface area contributed by atoms with E-state index in [2.05, 4.69) is 0 Å². The van der Waals surface area contributed by atoms with Crippen molar-refractivity contribution in [2.24, 2.45) is 0 Å². The molecule has 0 amide bonds. The zero-order chi connectivity index (χ0) is 18.7. The maximum Gasteiger partial charge on any atom is 0.243 e. The van der Waals surface area contributed by atoms with E-state index in [9.17, 15) is 13.2 Å². The van der Waals surface area contributed by atoms with E-state index in [-0.39, 0.29) is 10.7 Å². The second-order valence-electron chi connectivity index (χ2n) is 6.04. The normalized spacial score (nSPS) is 17.8. The monoisotopic (exact) mass is 375 g/mol. The Morgan fingerprint density at radius 1 is 0.962 bits per heavy atom. The lowest BCUT2D eigenvalue weighted by molar-refractivity contribution is 0.0918. The minimum absolute atomic E-state index is 0.160. The number of benzene rings is 2. The Labute approximate surface area is 153 Å². The molecule has 1 heterocycles. The molecule has 6 nitrogen and oxygen atoms in total. The standard InChI is InChI=1S/C19H21NO5S/c1-24-15-7-5-14(6-8-15)19(21)18-4-3-13-20(18)26(22,23)17-11-9-16(25-2)10-12-17/h5-12,18H,3-4,13H2,1-2H3.